The Morgan fingerprint density at radius 3 is 2.31 bits per heavy atom. The smallest absolute Gasteiger partial charge is 0.323 e. The Balaban J connectivity index is 1.13. The zero-order valence-electron chi connectivity index (χ0n) is 24.5. The van der Waals surface area contributed by atoms with Crippen LogP contribution in [0.2, 0.25) is 0 Å². The summed E-state index contributed by atoms with van der Waals surface area (Å²) in [6, 6.07) is 13.6. The lowest BCUT2D eigenvalue weighted by Gasteiger charge is -2.35. The van der Waals surface area contributed by atoms with E-state index in [2.05, 4.69) is 50.4 Å². The number of anilines is 4. The third-order valence-corrected chi connectivity index (χ3v) is 8.27. The fourth-order valence-electron chi connectivity index (χ4n) is 5.68. The molecule has 42 heavy (non-hydrogen) atoms. The second kappa shape index (κ2) is 13.0. The van der Waals surface area contributed by atoms with Crippen molar-refractivity contribution in [2.75, 3.05) is 86.6 Å². The molecule has 3 aliphatic heterocycles. The molecule has 6 rings (SSSR count). The van der Waals surface area contributed by atoms with Crippen molar-refractivity contribution in [1.29, 1.82) is 0 Å². The number of piperazine rings is 1. The lowest BCUT2D eigenvalue weighted by molar-refractivity contribution is 0.0844. The van der Waals surface area contributed by atoms with Crippen LogP contribution < -0.4 is 20.4 Å². The number of rotatable bonds is 6. The van der Waals surface area contributed by atoms with Crippen LogP contribution in [0.5, 0.6) is 0 Å². The molecule has 1 atom stereocenters. The van der Waals surface area contributed by atoms with Gasteiger partial charge in [-0.05, 0) is 63.2 Å². The molecule has 0 saturated carbocycles. The minimum Gasteiger partial charge on any atom is -0.381 e. The third-order valence-electron chi connectivity index (χ3n) is 8.27. The highest BCUT2D eigenvalue weighted by atomic mass is 16.5. The van der Waals surface area contributed by atoms with Gasteiger partial charge < -0.3 is 34.8 Å². The van der Waals surface area contributed by atoms with E-state index in [1.165, 1.54) is 0 Å². The van der Waals surface area contributed by atoms with Gasteiger partial charge in [-0.1, -0.05) is 0 Å². The highest BCUT2D eigenvalue weighted by molar-refractivity contribution is 5.99. The number of pyridine rings is 1. The van der Waals surface area contributed by atoms with Crippen LogP contribution in [0.3, 0.4) is 0 Å². The molecule has 0 bridgehead atoms. The Kier molecular flexibility index (Phi) is 8.78. The van der Waals surface area contributed by atoms with Gasteiger partial charge in [0.25, 0.3) is 0 Å². The van der Waals surface area contributed by atoms with Crippen LogP contribution in [0.4, 0.5) is 27.8 Å². The van der Waals surface area contributed by atoms with Crippen molar-refractivity contribution in [3.63, 3.8) is 0 Å². The van der Waals surface area contributed by atoms with E-state index in [9.17, 15) is 4.79 Å². The number of carbonyl (C=O) groups excluding carboxylic acids is 1. The van der Waals surface area contributed by atoms with Crippen molar-refractivity contribution < 1.29 is 14.3 Å². The molecule has 1 aromatic carbocycles. The maximum Gasteiger partial charge on any atom is 0.323 e. The lowest BCUT2D eigenvalue weighted by atomic mass is 9.96. The molecule has 0 aliphatic carbocycles. The summed E-state index contributed by atoms with van der Waals surface area (Å²) in [7, 11) is 2.13. The molecule has 3 aromatic rings. The fraction of sp³-hybridized carbons (Fsp3) is 0.484. The zero-order chi connectivity index (χ0) is 28.9. The van der Waals surface area contributed by atoms with Crippen LogP contribution in [0.15, 0.2) is 48.7 Å². The molecule has 0 radical (unpaired) electrons. The first-order valence-electron chi connectivity index (χ1n) is 14.9. The number of nitrogens with zero attached hydrogens (tertiary/aromatic N) is 6. The first-order valence-corrected chi connectivity index (χ1v) is 14.9. The Morgan fingerprint density at radius 1 is 0.857 bits per heavy atom. The van der Waals surface area contributed by atoms with Crippen molar-refractivity contribution in [3.05, 3.63) is 54.4 Å². The maximum absolute atomic E-state index is 12.7. The molecule has 3 saturated heterocycles. The second-order valence-corrected chi connectivity index (χ2v) is 11.3. The summed E-state index contributed by atoms with van der Waals surface area (Å²) in [5, 5.41) is 5.79. The van der Waals surface area contributed by atoms with E-state index in [1.807, 2.05) is 36.4 Å². The summed E-state index contributed by atoms with van der Waals surface area (Å²) >= 11 is 0. The van der Waals surface area contributed by atoms with Crippen molar-refractivity contribution in [2.45, 2.75) is 31.7 Å². The predicted molar refractivity (Wildman–Crippen MR) is 164 cm³/mol. The largest absolute Gasteiger partial charge is 0.381 e. The van der Waals surface area contributed by atoms with Crippen molar-refractivity contribution >= 4 is 29.0 Å². The molecule has 222 valence electrons. The summed E-state index contributed by atoms with van der Waals surface area (Å²) in [4.78, 5) is 34.1. The van der Waals surface area contributed by atoms with Gasteiger partial charge >= 0.3 is 6.03 Å². The highest BCUT2D eigenvalue weighted by Crippen LogP contribution is 2.31. The van der Waals surface area contributed by atoms with Gasteiger partial charge in [-0.15, -0.1) is 0 Å². The highest BCUT2D eigenvalue weighted by Gasteiger charge is 2.25. The molecule has 2 aromatic heterocycles. The summed E-state index contributed by atoms with van der Waals surface area (Å²) in [6.07, 6.45) is 3.62. The van der Waals surface area contributed by atoms with Crippen LogP contribution in [0.1, 0.15) is 31.4 Å². The Morgan fingerprint density at radius 2 is 1.60 bits per heavy atom. The molecule has 11 heteroatoms. The van der Waals surface area contributed by atoms with E-state index in [0.717, 1.165) is 81.7 Å². The van der Waals surface area contributed by atoms with Gasteiger partial charge in [0, 0.05) is 74.9 Å². The van der Waals surface area contributed by atoms with Gasteiger partial charge in [0.2, 0.25) is 0 Å². The first-order chi connectivity index (χ1) is 20.5. The average Bonchev–Trinajstić information content (AvgIpc) is 3.03. The molecule has 2 amide bonds. The number of aromatic nitrogens is 3. The Labute approximate surface area is 247 Å². The van der Waals surface area contributed by atoms with E-state index < -0.39 is 0 Å². The summed E-state index contributed by atoms with van der Waals surface area (Å²) in [5.41, 5.74) is 3.29. The maximum atomic E-state index is 12.7. The van der Waals surface area contributed by atoms with Crippen molar-refractivity contribution in [3.8, 4) is 11.4 Å². The quantitative estimate of drug-likeness (QED) is 0.452. The van der Waals surface area contributed by atoms with E-state index in [0.29, 0.717) is 36.3 Å². The van der Waals surface area contributed by atoms with Crippen molar-refractivity contribution in [1.82, 2.24) is 19.9 Å². The summed E-state index contributed by atoms with van der Waals surface area (Å²) < 4.78 is 11.3. The number of hydrogen-bond donors (Lipinski definition) is 2. The Bertz CT molecular complexity index is 1340. The SMILES string of the molecule is C[C@@H]1COCCN1c1cc(C2CCOCC2)nc(-c2ccc(NC(=O)Nc3ccc(N4CCN(C)CC4)nc3)cc2)n1. The molecule has 11 nitrogen and oxygen atoms in total. The van der Waals surface area contributed by atoms with Crippen LogP contribution in [0.25, 0.3) is 11.4 Å². The van der Waals surface area contributed by atoms with E-state index >= 15 is 0 Å². The molecular weight excluding hydrogens is 532 g/mol. The average molecular weight is 573 g/mol. The van der Waals surface area contributed by atoms with E-state index in [1.54, 1.807) is 6.20 Å². The van der Waals surface area contributed by atoms with Gasteiger partial charge in [0.05, 0.1) is 31.1 Å². The number of amides is 2. The molecule has 0 unspecified atom stereocenters. The minimum absolute atomic E-state index is 0.243. The van der Waals surface area contributed by atoms with Gasteiger partial charge in [0.15, 0.2) is 5.82 Å². The second-order valence-electron chi connectivity index (χ2n) is 11.3. The predicted octanol–water partition coefficient (Wildman–Crippen LogP) is 4.05. The monoisotopic (exact) mass is 572 g/mol. The number of morpholine rings is 1. The number of hydrogen-bond acceptors (Lipinski definition) is 9. The van der Waals surface area contributed by atoms with Crippen LogP contribution in [-0.2, 0) is 9.47 Å². The number of carbonyl (C=O) groups is 1. The van der Waals surface area contributed by atoms with Gasteiger partial charge in [0.1, 0.15) is 11.6 Å². The fourth-order valence-corrected chi connectivity index (χ4v) is 5.68. The molecule has 3 fully saturated rings. The molecule has 0 spiro atoms. The number of ether oxygens (including phenoxy) is 2. The van der Waals surface area contributed by atoms with Crippen LogP contribution in [-0.4, -0.2) is 98.1 Å². The number of likely N-dealkylation sites (N-methyl/N-ethyl adjacent to an activating group) is 1. The first kappa shape index (κ1) is 28.3. The standard InChI is InChI=1S/C31H40N8O3/c1-22-21-42-18-15-39(22)29-19-27(23-9-16-41-17-10-23)35-30(36-29)24-3-5-25(6-4-24)33-31(40)34-26-7-8-28(32-20-26)38-13-11-37(2)12-14-38/h3-8,19-20,22-23H,9-18,21H2,1-2H3,(H2,33,34,40)/t22-/m1/s1. The molecule has 2 N–H and O–H groups in total. The van der Waals surface area contributed by atoms with E-state index in [4.69, 9.17) is 19.4 Å². The lowest BCUT2D eigenvalue weighted by Crippen LogP contribution is -2.44. The molecular formula is C31H40N8O3. The minimum atomic E-state index is -0.321. The van der Waals surface area contributed by atoms with Gasteiger partial charge in [-0.25, -0.2) is 19.7 Å². The van der Waals surface area contributed by atoms with Crippen LogP contribution in [0, 0.1) is 0 Å². The zero-order valence-corrected chi connectivity index (χ0v) is 24.5. The van der Waals surface area contributed by atoms with E-state index in [-0.39, 0.29) is 12.1 Å². The number of urea groups is 1. The molecule has 3 aliphatic rings. The summed E-state index contributed by atoms with van der Waals surface area (Å²) in [6.45, 7) is 9.79. The van der Waals surface area contributed by atoms with Gasteiger partial charge in [-0.2, -0.15) is 0 Å². The third kappa shape index (κ3) is 6.80. The topological polar surface area (TPSA) is 108 Å². The number of benzene rings is 1. The van der Waals surface area contributed by atoms with Crippen molar-refractivity contribution in [2.24, 2.45) is 0 Å². The number of nitrogens with one attached hydrogen (secondary N) is 2. The summed E-state index contributed by atoms with van der Waals surface area (Å²) in [5.74, 6) is 2.91. The molecule has 5 heterocycles. The van der Waals surface area contributed by atoms with Crippen LogP contribution >= 0.6 is 0 Å². The van der Waals surface area contributed by atoms with Gasteiger partial charge in [-0.3, -0.25) is 0 Å². The Hall–Kier alpha value is -3.80. The normalized spacial score (nSPS) is 20.4.